The molecule has 1 amide bonds. The molecular weight excluding hydrogens is 262 g/mol. The lowest BCUT2D eigenvalue weighted by Gasteiger charge is -2.12. The van der Waals surface area contributed by atoms with Crippen molar-refractivity contribution in [2.24, 2.45) is 11.1 Å². The van der Waals surface area contributed by atoms with Gasteiger partial charge in [-0.2, -0.15) is 0 Å². The van der Waals surface area contributed by atoms with E-state index in [0.717, 1.165) is 4.88 Å². The second-order valence-corrected chi connectivity index (χ2v) is 7.03. The van der Waals surface area contributed by atoms with Crippen LogP contribution in [0.3, 0.4) is 0 Å². The van der Waals surface area contributed by atoms with E-state index >= 15 is 0 Å². The Hall–Kier alpha value is -0.990. The van der Waals surface area contributed by atoms with Crippen LogP contribution < -0.4 is 10.0 Å². The van der Waals surface area contributed by atoms with Crippen molar-refractivity contribution in [2.45, 2.75) is 13.3 Å². The van der Waals surface area contributed by atoms with Crippen molar-refractivity contribution in [3.05, 3.63) is 11.1 Å². The first-order valence-electron chi connectivity index (χ1n) is 5.08. The molecule has 1 aliphatic heterocycles. The molecule has 0 aliphatic carbocycles. The second-order valence-electron chi connectivity index (χ2n) is 4.16. The molecule has 2 rings (SSSR count). The highest BCUT2D eigenvalue weighted by atomic mass is 32.2. The molecule has 2 heterocycles. The van der Waals surface area contributed by atoms with E-state index in [0.29, 0.717) is 11.7 Å². The lowest BCUT2D eigenvalue weighted by atomic mass is 10.1. The van der Waals surface area contributed by atoms with Crippen LogP contribution in [0.5, 0.6) is 0 Å². The van der Waals surface area contributed by atoms with Crippen LogP contribution >= 0.6 is 11.3 Å². The molecule has 1 unspecified atom stereocenters. The van der Waals surface area contributed by atoms with Gasteiger partial charge in [0.25, 0.3) is 0 Å². The highest BCUT2D eigenvalue weighted by Crippen LogP contribution is 2.28. The van der Waals surface area contributed by atoms with E-state index in [1.165, 1.54) is 16.2 Å². The fraction of sp³-hybridized carbons (Fsp3) is 0.556. The maximum Gasteiger partial charge on any atom is 0.229 e. The number of carbonyl (C=O) groups excluding carboxylic acids is 1. The fourth-order valence-corrected chi connectivity index (χ4v) is 3.54. The van der Waals surface area contributed by atoms with Crippen LogP contribution in [0.4, 0.5) is 5.13 Å². The average molecular weight is 275 g/mol. The minimum absolute atomic E-state index is 0.0898. The SMILES string of the molecule is Cc1cnc(N2CC(CS(N)(=O)=O)CC2=O)s1. The van der Waals surface area contributed by atoms with Crippen molar-refractivity contribution < 1.29 is 13.2 Å². The maximum absolute atomic E-state index is 11.7. The largest absolute Gasteiger partial charge is 0.288 e. The quantitative estimate of drug-likeness (QED) is 0.846. The average Bonchev–Trinajstić information content (AvgIpc) is 2.70. The predicted octanol–water partition coefficient (Wildman–Crippen LogP) is 0.0929. The zero-order valence-corrected chi connectivity index (χ0v) is 10.9. The smallest absolute Gasteiger partial charge is 0.229 e. The van der Waals surface area contributed by atoms with Crippen molar-refractivity contribution in [2.75, 3.05) is 17.2 Å². The van der Waals surface area contributed by atoms with Crippen molar-refractivity contribution in [3.8, 4) is 0 Å². The molecule has 1 fully saturated rings. The Morgan fingerprint density at radius 3 is 2.88 bits per heavy atom. The molecule has 17 heavy (non-hydrogen) atoms. The van der Waals surface area contributed by atoms with Crippen LogP contribution in [0.2, 0.25) is 0 Å². The van der Waals surface area contributed by atoms with E-state index in [-0.39, 0.29) is 24.0 Å². The topological polar surface area (TPSA) is 93.4 Å². The fourth-order valence-electron chi connectivity index (χ4n) is 1.87. The van der Waals surface area contributed by atoms with Crippen LogP contribution in [0.25, 0.3) is 0 Å². The number of hydrogen-bond acceptors (Lipinski definition) is 5. The molecule has 94 valence electrons. The van der Waals surface area contributed by atoms with Crippen molar-refractivity contribution >= 4 is 32.4 Å². The third kappa shape index (κ3) is 3.02. The molecule has 1 aromatic heterocycles. The van der Waals surface area contributed by atoms with Gasteiger partial charge in [-0.3, -0.25) is 9.69 Å². The van der Waals surface area contributed by atoms with Gasteiger partial charge in [0.05, 0.1) is 5.75 Å². The third-order valence-electron chi connectivity index (χ3n) is 2.51. The van der Waals surface area contributed by atoms with Crippen LogP contribution in [-0.2, 0) is 14.8 Å². The van der Waals surface area contributed by atoms with Gasteiger partial charge >= 0.3 is 0 Å². The van der Waals surface area contributed by atoms with Crippen LogP contribution in [0.15, 0.2) is 6.20 Å². The van der Waals surface area contributed by atoms with E-state index in [4.69, 9.17) is 5.14 Å². The van der Waals surface area contributed by atoms with Crippen LogP contribution in [0, 0.1) is 12.8 Å². The Bertz CT molecular complexity index is 537. The summed E-state index contributed by atoms with van der Waals surface area (Å²) in [7, 11) is -3.53. The van der Waals surface area contributed by atoms with E-state index in [2.05, 4.69) is 4.98 Å². The summed E-state index contributed by atoms with van der Waals surface area (Å²) in [6.07, 6.45) is 1.91. The maximum atomic E-state index is 11.7. The number of rotatable bonds is 3. The summed E-state index contributed by atoms with van der Waals surface area (Å²) in [6.45, 7) is 2.28. The van der Waals surface area contributed by atoms with Gasteiger partial charge in [0, 0.05) is 30.0 Å². The lowest BCUT2D eigenvalue weighted by Crippen LogP contribution is -2.27. The number of hydrogen-bond donors (Lipinski definition) is 1. The number of nitrogens with two attached hydrogens (primary N) is 1. The van der Waals surface area contributed by atoms with E-state index in [1.807, 2.05) is 6.92 Å². The summed E-state index contributed by atoms with van der Waals surface area (Å²) in [5, 5.41) is 5.61. The first kappa shape index (κ1) is 12.5. The Morgan fingerprint density at radius 2 is 2.35 bits per heavy atom. The number of aromatic nitrogens is 1. The van der Waals surface area contributed by atoms with Gasteiger partial charge in [0.2, 0.25) is 15.9 Å². The van der Waals surface area contributed by atoms with Crippen molar-refractivity contribution in [1.82, 2.24) is 4.98 Å². The molecule has 0 radical (unpaired) electrons. The Labute approximate surface area is 103 Å². The highest BCUT2D eigenvalue weighted by molar-refractivity contribution is 7.89. The van der Waals surface area contributed by atoms with E-state index in [1.54, 1.807) is 6.20 Å². The highest BCUT2D eigenvalue weighted by Gasteiger charge is 2.34. The monoisotopic (exact) mass is 275 g/mol. The number of anilines is 1. The molecule has 0 bridgehead atoms. The number of nitrogens with zero attached hydrogens (tertiary/aromatic N) is 2. The minimum Gasteiger partial charge on any atom is -0.288 e. The molecule has 0 aromatic carbocycles. The molecular formula is C9H13N3O3S2. The van der Waals surface area contributed by atoms with Gasteiger partial charge in [-0.1, -0.05) is 0 Å². The summed E-state index contributed by atoms with van der Waals surface area (Å²) < 4.78 is 22.0. The lowest BCUT2D eigenvalue weighted by molar-refractivity contribution is -0.117. The summed E-state index contributed by atoms with van der Waals surface area (Å²) in [5.41, 5.74) is 0. The number of aryl methyl sites for hydroxylation is 1. The molecule has 1 aliphatic rings. The van der Waals surface area contributed by atoms with Crippen molar-refractivity contribution in [1.29, 1.82) is 0 Å². The minimum atomic E-state index is -3.53. The number of carbonyl (C=O) groups is 1. The third-order valence-corrected chi connectivity index (χ3v) is 4.38. The van der Waals surface area contributed by atoms with Crippen LogP contribution in [0.1, 0.15) is 11.3 Å². The Kier molecular flexibility index (Phi) is 3.19. The van der Waals surface area contributed by atoms with Gasteiger partial charge in [-0.05, 0) is 6.92 Å². The number of primary sulfonamides is 1. The Balaban J connectivity index is 2.10. The first-order valence-corrected chi connectivity index (χ1v) is 7.61. The predicted molar refractivity (Wildman–Crippen MR) is 65.3 cm³/mol. The van der Waals surface area contributed by atoms with Gasteiger partial charge in [-0.25, -0.2) is 18.5 Å². The number of thiazole rings is 1. The molecule has 1 atom stereocenters. The molecule has 1 saturated heterocycles. The summed E-state index contributed by atoms with van der Waals surface area (Å²) in [5.74, 6) is -0.478. The zero-order valence-electron chi connectivity index (χ0n) is 9.29. The van der Waals surface area contributed by atoms with Crippen LogP contribution in [-0.4, -0.2) is 31.6 Å². The molecule has 8 heteroatoms. The first-order chi connectivity index (χ1) is 7.85. The van der Waals surface area contributed by atoms with E-state index < -0.39 is 10.0 Å². The normalized spacial score (nSPS) is 21.2. The number of sulfonamides is 1. The zero-order chi connectivity index (χ0) is 12.6. The molecule has 2 N–H and O–H groups in total. The van der Waals surface area contributed by atoms with Gasteiger partial charge in [0.15, 0.2) is 5.13 Å². The number of amides is 1. The summed E-state index contributed by atoms with van der Waals surface area (Å²) in [6, 6.07) is 0. The summed E-state index contributed by atoms with van der Waals surface area (Å²) in [4.78, 5) is 18.4. The van der Waals surface area contributed by atoms with E-state index in [9.17, 15) is 13.2 Å². The van der Waals surface area contributed by atoms with Gasteiger partial charge in [0.1, 0.15) is 0 Å². The molecule has 1 aromatic rings. The summed E-state index contributed by atoms with van der Waals surface area (Å²) >= 11 is 1.42. The standard InChI is InChI=1S/C9H13N3O3S2/c1-6-3-11-9(16-6)12-4-7(2-8(12)13)5-17(10,14)15/h3,7H,2,4-5H2,1H3,(H2,10,14,15). The van der Waals surface area contributed by atoms with Gasteiger partial charge in [-0.15, -0.1) is 11.3 Å². The van der Waals surface area contributed by atoms with Gasteiger partial charge < -0.3 is 0 Å². The second kappa shape index (κ2) is 4.35. The Morgan fingerprint density at radius 1 is 1.65 bits per heavy atom. The molecule has 0 saturated carbocycles. The molecule has 6 nitrogen and oxygen atoms in total. The molecule has 0 spiro atoms. The van der Waals surface area contributed by atoms with Crippen molar-refractivity contribution in [3.63, 3.8) is 0 Å².